The Morgan fingerprint density at radius 2 is 2.29 bits per heavy atom. The van der Waals surface area contributed by atoms with Gasteiger partial charge in [-0.15, -0.1) is 11.3 Å². The third kappa shape index (κ3) is 3.13. The number of hydrogen-bond donors (Lipinski definition) is 1. The zero-order valence-electron chi connectivity index (χ0n) is 9.75. The monoisotopic (exact) mass is 250 g/mol. The lowest BCUT2D eigenvalue weighted by Gasteiger charge is -2.12. The van der Waals surface area contributed by atoms with Crippen molar-refractivity contribution in [2.24, 2.45) is 0 Å². The summed E-state index contributed by atoms with van der Waals surface area (Å²) in [7, 11) is 0. The summed E-state index contributed by atoms with van der Waals surface area (Å²) in [5.74, 6) is 1.32. The van der Waals surface area contributed by atoms with Gasteiger partial charge in [0.05, 0.1) is 12.6 Å². The van der Waals surface area contributed by atoms with E-state index in [0.717, 1.165) is 10.8 Å². The molecule has 1 unspecified atom stereocenters. The summed E-state index contributed by atoms with van der Waals surface area (Å²) in [4.78, 5) is 12.4. The summed E-state index contributed by atoms with van der Waals surface area (Å²) in [6.45, 7) is 4.56. The highest BCUT2D eigenvalue weighted by Crippen LogP contribution is 2.20. The molecule has 6 heteroatoms. The van der Waals surface area contributed by atoms with Crippen molar-refractivity contribution in [2.75, 3.05) is 11.9 Å². The molecule has 2 aromatic heterocycles. The lowest BCUT2D eigenvalue weighted by Crippen LogP contribution is -2.08. The van der Waals surface area contributed by atoms with Crippen LogP contribution in [0.2, 0.25) is 0 Å². The second-order valence-electron chi connectivity index (χ2n) is 3.41. The quantitative estimate of drug-likeness (QED) is 0.883. The molecule has 17 heavy (non-hydrogen) atoms. The molecule has 0 aliphatic rings. The van der Waals surface area contributed by atoms with Gasteiger partial charge in [-0.1, -0.05) is 0 Å². The van der Waals surface area contributed by atoms with Gasteiger partial charge in [0, 0.05) is 17.6 Å². The maximum Gasteiger partial charge on any atom is 0.218 e. The summed E-state index contributed by atoms with van der Waals surface area (Å²) in [6, 6.07) is 1.91. The van der Waals surface area contributed by atoms with Crippen LogP contribution in [0.4, 0.5) is 5.82 Å². The van der Waals surface area contributed by atoms with E-state index < -0.39 is 0 Å². The minimum absolute atomic E-state index is 0.124. The number of aromatic nitrogens is 3. The van der Waals surface area contributed by atoms with Crippen LogP contribution in [0, 0.1) is 0 Å². The predicted molar refractivity (Wildman–Crippen MR) is 67.4 cm³/mol. The Balaban J connectivity index is 2.05. The van der Waals surface area contributed by atoms with Crippen molar-refractivity contribution in [1.29, 1.82) is 0 Å². The van der Waals surface area contributed by atoms with E-state index in [9.17, 15) is 0 Å². The summed E-state index contributed by atoms with van der Waals surface area (Å²) < 4.78 is 5.31. The average molecular weight is 250 g/mol. The molecule has 0 aliphatic carbocycles. The lowest BCUT2D eigenvalue weighted by atomic mass is 10.3. The van der Waals surface area contributed by atoms with E-state index in [1.165, 1.54) is 6.33 Å². The van der Waals surface area contributed by atoms with E-state index in [4.69, 9.17) is 4.74 Å². The zero-order chi connectivity index (χ0) is 12.1. The predicted octanol–water partition coefficient (Wildman–Crippen LogP) is 2.50. The number of ether oxygens (including phenoxy) is 1. The van der Waals surface area contributed by atoms with Crippen molar-refractivity contribution in [3.63, 3.8) is 0 Å². The van der Waals surface area contributed by atoms with Crippen molar-refractivity contribution in [2.45, 2.75) is 19.9 Å². The van der Waals surface area contributed by atoms with Crippen molar-refractivity contribution in [1.82, 2.24) is 15.0 Å². The Labute approximate surface area is 104 Å². The normalized spacial score (nSPS) is 12.1. The molecule has 0 aromatic carbocycles. The molecule has 0 fully saturated rings. The van der Waals surface area contributed by atoms with E-state index in [1.807, 2.05) is 19.2 Å². The zero-order valence-corrected chi connectivity index (χ0v) is 10.6. The van der Waals surface area contributed by atoms with E-state index in [-0.39, 0.29) is 6.04 Å². The standard InChI is InChI=1S/C11H14N4OS/c1-3-16-10-6-9(13-7-14-10)15-8(2)11-12-4-5-17-11/h4-8H,3H2,1-2H3,(H,13,14,15). The largest absolute Gasteiger partial charge is 0.478 e. The maximum absolute atomic E-state index is 5.31. The van der Waals surface area contributed by atoms with Gasteiger partial charge in [0.1, 0.15) is 17.2 Å². The van der Waals surface area contributed by atoms with Gasteiger partial charge >= 0.3 is 0 Å². The van der Waals surface area contributed by atoms with Gasteiger partial charge in [-0.05, 0) is 13.8 Å². The molecule has 1 N–H and O–H groups in total. The number of nitrogens with zero attached hydrogens (tertiary/aromatic N) is 3. The fraction of sp³-hybridized carbons (Fsp3) is 0.364. The van der Waals surface area contributed by atoms with Gasteiger partial charge in [0.2, 0.25) is 5.88 Å². The minimum Gasteiger partial charge on any atom is -0.478 e. The number of anilines is 1. The summed E-state index contributed by atoms with van der Waals surface area (Å²) >= 11 is 1.62. The van der Waals surface area contributed by atoms with Gasteiger partial charge in [0.25, 0.3) is 0 Å². The molecule has 1 atom stereocenters. The Bertz CT molecular complexity index is 460. The first kappa shape index (κ1) is 11.8. The Hall–Kier alpha value is -1.69. The fourth-order valence-corrected chi connectivity index (χ4v) is 2.02. The molecule has 5 nitrogen and oxygen atoms in total. The van der Waals surface area contributed by atoms with Gasteiger partial charge in [-0.2, -0.15) is 0 Å². The van der Waals surface area contributed by atoms with Gasteiger partial charge in [-0.3, -0.25) is 0 Å². The molecule has 0 saturated heterocycles. The minimum atomic E-state index is 0.124. The van der Waals surface area contributed by atoms with Crippen LogP contribution >= 0.6 is 11.3 Å². The van der Waals surface area contributed by atoms with Gasteiger partial charge in [-0.25, -0.2) is 15.0 Å². The van der Waals surface area contributed by atoms with Crippen LogP contribution in [-0.2, 0) is 0 Å². The first-order chi connectivity index (χ1) is 8.29. The molecule has 2 aromatic rings. The van der Waals surface area contributed by atoms with Crippen LogP contribution < -0.4 is 10.1 Å². The van der Waals surface area contributed by atoms with Gasteiger partial charge < -0.3 is 10.1 Å². The Kier molecular flexibility index (Phi) is 3.87. The number of hydrogen-bond acceptors (Lipinski definition) is 6. The molecule has 0 aliphatic heterocycles. The van der Waals surface area contributed by atoms with Crippen LogP contribution in [0.5, 0.6) is 5.88 Å². The molecule has 0 radical (unpaired) electrons. The topological polar surface area (TPSA) is 59.9 Å². The van der Waals surface area contributed by atoms with Crippen molar-refractivity contribution >= 4 is 17.2 Å². The maximum atomic E-state index is 5.31. The highest BCUT2D eigenvalue weighted by atomic mass is 32.1. The Morgan fingerprint density at radius 1 is 1.41 bits per heavy atom. The van der Waals surface area contributed by atoms with Crippen LogP contribution in [0.15, 0.2) is 24.0 Å². The van der Waals surface area contributed by atoms with Crippen molar-refractivity contribution in [3.05, 3.63) is 29.0 Å². The van der Waals surface area contributed by atoms with E-state index >= 15 is 0 Å². The van der Waals surface area contributed by atoms with E-state index in [2.05, 4.69) is 20.3 Å². The first-order valence-electron chi connectivity index (χ1n) is 5.40. The summed E-state index contributed by atoms with van der Waals surface area (Å²) in [5, 5.41) is 6.25. The second-order valence-corrected chi connectivity index (χ2v) is 4.34. The molecule has 90 valence electrons. The molecule has 0 bridgehead atoms. The number of nitrogens with one attached hydrogen (secondary N) is 1. The third-order valence-electron chi connectivity index (χ3n) is 2.12. The molecule has 0 amide bonds. The fourth-order valence-electron chi connectivity index (χ4n) is 1.38. The van der Waals surface area contributed by atoms with E-state index in [1.54, 1.807) is 23.6 Å². The van der Waals surface area contributed by atoms with E-state index in [0.29, 0.717) is 12.5 Å². The molecule has 2 heterocycles. The van der Waals surface area contributed by atoms with Crippen molar-refractivity contribution < 1.29 is 4.74 Å². The summed E-state index contributed by atoms with van der Waals surface area (Å²) in [5.41, 5.74) is 0. The molecular formula is C11H14N4OS. The molecular weight excluding hydrogens is 236 g/mol. The first-order valence-corrected chi connectivity index (χ1v) is 6.28. The molecule has 0 saturated carbocycles. The average Bonchev–Trinajstić information content (AvgIpc) is 2.83. The second kappa shape index (κ2) is 5.58. The van der Waals surface area contributed by atoms with Gasteiger partial charge in [0.15, 0.2) is 0 Å². The van der Waals surface area contributed by atoms with Crippen LogP contribution in [0.1, 0.15) is 24.9 Å². The summed E-state index contributed by atoms with van der Waals surface area (Å²) in [6.07, 6.45) is 3.28. The third-order valence-corrected chi connectivity index (χ3v) is 3.08. The molecule has 0 spiro atoms. The SMILES string of the molecule is CCOc1cc(NC(C)c2nccs2)ncn1. The molecule has 2 rings (SSSR count). The smallest absolute Gasteiger partial charge is 0.218 e. The van der Waals surface area contributed by atoms with Crippen LogP contribution in [-0.4, -0.2) is 21.6 Å². The highest BCUT2D eigenvalue weighted by Gasteiger charge is 2.09. The van der Waals surface area contributed by atoms with Crippen molar-refractivity contribution in [3.8, 4) is 5.88 Å². The highest BCUT2D eigenvalue weighted by molar-refractivity contribution is 7.09. The Morgan fingerprint density at radius 3 is 3.00 bits per heavy atom. The number of rotatable bonds is 5. The lowest BCUT2D eigenvalue weighted by molar-refractivity contribution is 0.326. The van der Waals surface area contributed by atoms with Crippen LogP contribution in [0.3, 0.4) is 0 Å². The number of thiazole rings is 1. The van der Waals surface area contributed by atoms with Crippen LogP contribution in [0.25, 0.3) is 0 Å².